The Bertz CT molecular complexity index is 597. The second kappa shape index (κ2) is 6.91. The fourth-order valence-corrected chi connectivity index (χ4v) is 3.19. The summed E-state index contributed by atoms with van der Waals surface area (Å²) in [6, 6.07) is 6.76. The highest BCUT2D eigenvalue weighted by Crippen LogP contribution is 2.28. The van der Waals surface area contributed by atoms with Crippen LogP contribution in [-0.2, 0) is 14.8 Å². The van der Waals surface area contributed by atoms with Crippen LogP contribution < -0.4 is 15.4 Å². The number of hydrogen-bond donors (Lipinski definition) is 3. The Hall–Kier alpha value is -1.60. The molecule has 0 spiro atoms. The Morgan fingerprint density at radius 3 is 2.62 bits per heavy atom. The summed E-state index contributed by atoms with van der Waals surface area (Å²) >= 11 is 0. The number of benzene rings is 1. The van der Waals surface area contributed by atoms with Crippen molar-refractivity contribution in [3.63, 3.8) is 0 Å². The van der Waals surface area contributed by atoms with E-state index in [1.165, 1.54) is 0 Å². The number of sulfonamides is 1. The van der Waals surface area contributed by atoms with Gasteiger partial charge in [0, 0.05) is 25.6 Å². The molecule has 6 nitrogen and oxygen atoms in total. The second-order valence-corrected chi connectivity index (χ2v) is 6.72. The van der Waals surface area contributed by atoms with Crippen LogP contribution in [0.1, 0.15) is 19.8 Å². The first kappa shape index (κ1) is 15.8. The maximum Gasteiger partial charge on any atom is 0.242 e. The number of anilines is 1. The lowest BCUT2D eigenvalue weighted by atomic mass is 10.3. The standard InChI is InChI=1S/C14H21N3O3S/c1-2-15-12-5-3-4-6-13(12)21(19,20)17-10-9-16-14(18)11-7-8-11/h3-6,11,15,17H,2,7-10H2,1H3,(H,16,18). The predicted molar refractivity (Wildman–Crippen MR) is 81.5 cm³/mol. The summed E-state index contributed by atoms with van der Waals surface area (Å²) in [5, 5.41) is 5.75. The number of hydrogen-bond acceptors (Lipinski definition) is 4. The van der Waals surface area contributed by atoms with E-state index < -0.39 is 10.0 Å². The minimum Gasteiger partial charge on any atom is -0.384 e. The molecule has 1 aromatic rings. The molecule has 1 aliphatic rings. The summed E-state index contributed by atoms with van der Waals surface area (Å²) in [4.78, 5) is 11.7. The lowest BCUT2D eigenvalue weighted by molar-refractivity contribution is -0.122. The van der Waals surface area contributed by atoms with Crippen molar-refractivity contribution in [2.24, 2.45) is 5.92 Å². The molecule has 21 heavy (non-hydrogen) atoms. The average Bonchev–Trinajstić information content (AvgIpc) is 3.29. The zero-order valence-electron chi connectivity index (χ0n) is 12.1. The zero-order valence-corrected chi connectivity index (χ0v) is 12.9. The Morgan fingerprint density at radius 1 is 1.24 bits per heavy atom. The van der Waals surface area contributed by atoms with Gasteiger partial charge in [-0.3, -0.25) is 4.79 Å². The largest absolute Gasteiger partial charge is 0.384 e. The van der Waals surface area contributed by atoms with Crippen molar-refractivity contribution in [1.29, 1.82) is 0 Å². The summed E-state index contributed by atoms with van der Waals surface area (Å²) in [7, 11) is -3.58. The third-order valence-electron chi connectivity index (χ3n) is 3.21. The fourth-order valence-electron chi connectivity index (χ4n) is 1.98. The van der Waals surface area contributed by atoms with E-state index in [0.29, 0.717) is 18.8 Å². The van der Waals surface area contributed by atoms with Gasteiger partial charge in [0.05, 0.1) is 5.69 Å². The van der Waals surface area contributed by atoms with E-state index in [1.807, 2.05) is 6.92 Å². The molecule has 0 radical (unpaired) electrons. The minimum absolute atomic E-state index is 0.0160. The van der Waals surface area contributed by atoms with E-state index in [-0.39, 0.29) is 23.3 Å². The van der Waals surface area contributed by atoms with Gasteiger partial charge in [-0.2, -0.15) is 0 Å². The number of rotatable bonds is 8. The summed E-state index contributed by atoms with van der Waals surface area (Å²) < 4.78 is 27.0. The highest BCUT2D eigenvalue weighted by atomic mass is 32.2. The normalized spacial score (nSPS) is 14.7. The molecule has 0 aliphatic heterocycles. The molecule has 0 heterocycles. The molecule has 0 atom stereocenters. The minimum atomic E-state index is -3.58. The maximum atomic E-state index is 12.3. The Balaban J connectivity index is 1.90. The van der Waals surface area contributed by atoms with Gasteiger partial charge >= 0.3 is 0 Å². The van der Waals surface area contributed by atoms with Crippen LogP contribution in [0, 0.1) is 5.92 Å². The van der Waals surface area contributed by atoms with Crippen molar-refractivity contribution in [3.8, 4) is 0 Å². The highest BCUT2D eigenvalue weighted by molar-refractivity contribution is 7.89. The van der Waals surface area contributed by atoms with Gasteiger partial charge in [0.2, 0.25) is 15.9 Å². The molecule has 1 fully saturated rings. The highest BCUT2D eigenvalue weighted by Gasteiger charge is 2.29. The molecule has 3 N–H and O–H groups in total. The predicted octanol–water partition coefficient (Wildman–Crippen LogP) is 0.923. The first-order valence-corrected chi connectivity index (χ1v) is 8.63. The van der Waals surface area contributed by atoms with Crippen LogP contribution in [0.15, 0.2) is 29.2 Å². The van der Waals surface area contributed by atoms with Crippen LogP contribution >= 0.6 is 0 Å². The van der Waals surface area contributed by atoms with Gasteiger partial charge in [-0.15, -0.1) is 0 Å². The van der Waals surface area contributed by atoms with E-state index >= 15 is 0 Å². The van der Waals surface area contributed by atoms with Crippen molar-refractivity contribution < 1.29 is 13.2 Å². The van der Waals surface area contributed by atoms with Crippen molar-refractivity contribution >= 4 is 21.6 Å². The third kappa shape index (κ3) is 4.44. The summed E-state index contributed by atoms with van der Waals surface area (Å²) in [6.45, 7) is 3.04. The van der Waals surface area contributed by atoms with E-state index in [4.69, 9.17) is 0 Å². The first-order valence-electron chi connectivity index (χ1n) is 7.15. The third-order valence-corrected chi connectivity index (χ3v) is 4.73. The van der Waals surface area contributed by atoms with E-state index in [1.54, 1.807) is 24.3 Å². The van der Waals surface area contributed by atoms with Gasteiger partial charge in [-0.05, 0) is 31.9 Å². The quantitative estimate of drug-likeness (QED) is 0.623. The number of amides is 1. The Kier molecular flexibility index (Phi) is 5.19. The monoisotopic (exact) mass is 311 g/mol. The number of carbonyl (C=O) groups is 1. The van der Waals surface area contributed by atoms with Crippen LogP contribution in [0.4, 0.5) is 5.69 Å². The van der Waals surface area contributed by atoms with Gasteiger partial charge in [-0.1, -0.05) is 12.1 Å². The topological polar surface area (TPSA) is 87.3 Å². The fraction of sp³-hybridized carbons (Fsp3) is 0.500. The van der Waals surface area contributed by atoms with E-state index in [2.05, 4.69) is 15.4 Å². The van der Waals surface area contributed by atoms with Crippen molar-refractivity contribution in [2.45, 2.75) is 24.7 Å². The molecule has 0 unspecified atom stereocenters. The smallest absolute Gasteiger partial charge is 0.242 e. The molecule has 116 valence electrons. The molecule has 1 aromatic carbocycles. The lowest BCUT2D eigenvalue weighted by Gasteiger charge is -2.12. The van der Waals surface area contributed by atoms with Crippen molar-refractivity contribution in [2.75, 3.05) is 25.0 Å². The molecular formula is C14H21N3O3S. The molecule has 1 saturated carbocycles. The van der Waals surface area contributed by atoms with Gasteiger partial charge in [0.1, 0.15) is 4.90 Å². The number of carbonyl (C=O) groups excluding carboxylic acids is 1. The number of nitrogens with one attached hydrogen (secondary N) is 3. The van der Waals surface area contributed by atoms with Gasteiger partial charge in [-0.25, -0.2) is 13.1 Å². The van der Waals surface area contributed by atoms with E-state index in [9.17, 15) is 13.2 Å². The van der Waals surface area contributed by atoms with Gasteiger partial charge in [0.15, 0.2) is 0 Å². The molecular weight excluding hydrogens is 290 g/mol. The molecule has 2 rings (SSSR count). The average molecular weight is 311 g/mol. The molecule has 1 amide bonds. The zero-order chi connectivity index (χ0) is 15.3. The Labute approximate surface area is 125 Å². The molecule has 1 aliphatic carbocycles. The Morgan fingerprint density at radius 2 is 1.95 bits per heavy atom. The van der Waals surface area contributed by atoms with Crippen LogP contribution in [0.25, 0.3) is 0 Å². The number of para-hydroxylation sites is 1. The van der Waals surface area contributed by atoms with Crippen LogP contribution in [-0.4, -0.2) is 34.0 Å². The molecule has 0 bridgehead atoms. The van der Waals surface area contributed by atoms with Crippen LogP contribution in [0.5, 0.6) is 0 Å². The van der Waals surface area contributed by atoms with Gasteiger partial charge in [0.25, 0.3) is 0 Å². The van der Waals surface area contributed by atoms with Crippen molar-refractivity contribution in [3.05, 3.63) is 24.3 Å². The summed E-state index contributed by atoms with van der Waals surface area (Å²) in [5.41, 5.74) is 0.578. The van der Waals surface area contributed by atoms with E-state index in [0.717, 1.165) is 12.8 Å². The van der Waals surface area contributed by atoms with Crippen LogP contribution in [0.3, 0.4) is 0 Å². The lowest BCUT2D eigenvalue weighted by Crippen LogP contribution is -2.35. The summed E-state index contributed by atoms with van der Waals surface area (Å²) in [6.07, 6.45) is 1.88. The summed E-state index contributed by atoms with van der Waals surface area (Å²) in [5.74, 6) is 0.151. The first-order chi connectivity index (χ1) is 10.0. The second-order valence-electron chi connectivity index (χ2n) is 4.99. The van der Waals surface area contributed by atoms with Gasteiger partial charge < -0.3 is 10.6 Å². The van der Waals surface area contributed by atoms with Crippen molar-refractivity contribution in [1.82, 2.24) is 10.0 Å². The molecule has 0 saturated heterocycles. The maximum absolute atomic E-state index is 12.3. The molecule has 7 heteroatoms. The molecule has 0 aromatic heterocycles. The SMILES string of the molecule is CCNc1ccccc1S(=O)(=O)NCCNC(=O)C1CC1. The van der Waals surface area contributed by atoms with Crippen LogP contribution in [0.2, 0.25) is 0 Å².